The van der Waals surface area contributed by atoms with Crippen LogP contribution >= 0.6 is 11.6 Å². The van der Waals surface area contributed by atoms with Crippen molar-refractivity contribution in [3.63, 3.8) is 0 Å². The first-order valence-electron chi connectivity index (χ1n) is 9.00. The van der Waals surface area contributed by atoms with Crippen molar-refractivity contribution in [2.75, 3.05) is 39.8 Å². The van der Waals surface area contributed by atoms with E-state index in [9.17, 15) is 14.4 Å². The molecular weight excluding hydrogens is 354 g/mol. The van der Waals surface area contributed by atoms with Crippen LogP contribution in [0.25, 0.3) is 0 Å². The van der Waals surface area contributed by atoms with Crippen molar-refractivity contribution in [2.24, 2.45) is 5.92 Å². The molecule has 3 amide bonds. The largest absolute Gasteiger partial charge is 0.341 e. The zero-order valence-electron chi connectivity index (χ0n) is 15.0. The highest BCUT2D eigenvalue weighted by Gasteiger charge is 2.35. The maximum Gasteiger partial charge on any atom is 0.312 e. The molecule has 3 rings (SSSR count). The molecule has 1 aromatic rings. The summed E-state index contributed by atoms with van der Waals surface area (Å²) in [7, 11) is 1.62. The van der Waals surface area contributed by atoms with Gasteiger partial charge in [0, 0.05) is 51.2 Å². The first-order chi connectivity index (χ1) is 12.4. The van der Waals surface area contributed by atoms with Crippen molar-refractivity contribution in [3.05, 3.63) is 34.9 Å². The Bertz CT molecular complexity index is 686. The van der Waals surface area contributed by atoms with Crippen molar-refractivity contribution in [1.29, 1.82) is 0 Å². The zero-order valence-corrected chi connectivity index (χ0v) is 15.7. The minimum Gasteiger partial charge on any atom is -0.341 e. The monoisotopic (exact) mass is 377 g/mol. The van der Waals surface area contributed by atoms with Crippen LogP contribution in [-0.2, 0) is 20.8 Å². The van der Waals surface area contributed by atoms with Crippen molar-refractivity contribution in [1.82, 2.24) is 14.7 Å². The van der Waals surface area contributed by atoms with Gasteiger partial charge in [-0.1, -0.05) is 23.7 Å². The summed E-state index contributed by atoms with van der Waals surface area (Å²) in [4.78, 5) is 41.0. The van der Waals surface area contributed by atoms with Gasteiger partial charge >= 0.3 is 11.8 Å². The number of hydrogen-bond donors (Lipinski definition) is 0. The predicted molar refractivity (Wildman–Crippen MR) is 98.7 cm³/mol. The number of hydrogen-bond acceptors (Lipinski definition) is 3. The summed E-state index contributed by atoms with van der Waals surface area (Å²) >= 11 is 5.88. The summed E-state index contributed by atoms with van der Waals surface area (Å²) in [6.45, 7) is 2.83. The van der Waals surface area contributed by atoms with Crippen molar-refractivity contribution < 1.29 is 14.4 Å². The van der Waals surface area contributed by atoms with Crippen molar-refractivity contribution in [2.45, 2.75) is 19.3 Å². The average Bonchev–Trinajstić information content (AvgIpc) is 3.01. The van der Waals surface area contributed by atoms with Gasteiger partial charge in [0.15, 0.2) is 0 Å². The third kappa shape index (κ3) is 4.36. The summed E-state index contributed by atoms with van der Waals surface area (Å²) in [6, 6.07) is 7.71. The predicted octanol–water partition coefficient (Wildman–Crippen LogP) is 1.42. The normalized spacial score (nSPS) is 17.4. The van der Waals surface area contributed by atoms with Crippen molar-refractivity contribution in [3.8, 4) is 0 Å². The van der Waals surface area contributed by atoms with Gasteiger partial charge in [-0.3, -0.25) is 14.4 Å². The van der Waals surface area contributed by atoms with E-state index in [1.807, 2.05) is 24.3 Å². The fraction of sp³-hybridized carbons (Fsp3) is 0.526. The minimum atomic E-state index is -0.499. The Morgan fingerprint density at radius 1 is 1.23 bits per heavy atom. The molecule has 26 heavy (non-hydrogen) atoms. The molecule has 0 spiro atoms. The average molecular weight is 378 g/mol. The van der Waals surface area contributed by atoms with Gasteiger partial charge in [0.25, 0.3) is 0 Å². The highest BCUT2D eigenvalue weighted by atomic mass is 35.5. The maximum atomic E-state index is 12.3. The molecule has 0 radical (unpaired) electrons. The number of likely N-dealkylation sites (tertiary alicyclic amines) is 2. The molecule has 2 aliphatic heterocycles. The fourth-order valence-electron chi connectivity index (χ4n) is 3.43. The number of benzene rings is 1. The lowest BCUT2D eigenvalue weighted by atomic mass is 9.92. The Morgan fingerprint density at radius 2 is 1.92 bits per heavy atom. The van der Waals surface area contributed by atoms with E-state index in [2.05, 4.69) is 0 Å². The van der Waals surface area contributed by atoms with Gasteiger partial charge in [0.2, 0.25) is 5.91 Å². The molecule has 0 atom stereocenters. The second kappa shape index (κ2) is 8.08. The minimum absolute atomic E-state index is 0.130. The van der Waals surface area contributed by atoms with Crippen LogP contribution in [0.2, 0.25) is 5.02 Å². The van der Waals surface area contributed by atoms with E-state index in [0.29, 0.717) is 43.5 Å². The fourth-order valence-corrected chi connectivity index (χ4v) is 3.56. The molecule has 140 valence electrons. The molecule has 2 aliphatic rings. The molecule has 1 aromatic carbocycles. The van der Waals surface area contributed by atoms with Crippen LogP contribution < -0.4 is 0 Å². The lowest BCUT2D eigenvalue weighted by Crippen LogP contribution is -2.55. The van der Waals surface area contributed by atoms with Crippen LogP contribution in [0.4, 0.5) is 0 Å². The molecule has 2 fully saturated rings. The highest BCUT2D eigenvalue weighted by Crippen LogP contribution is 2.22. The SMILES string of the molecule is CN(CCN1CCCC1=O)C(=O)C(=O)N1CC(Cc2ccc(Cl)cc2)C1. The molecule has 0 aromatic heterocycles. The first-order valence-corrected chi connectivity index (χ1v) is 9.38. The van der Waals surface area contributed by atoms with Crippen LogP contribution in [0.1, 0.15) is 18.4 Å². The van der Waals surface area contributed by atoms with Crippen LogP contribution in [0.3, 0.4) is 0 Å². The van der Waals surface area contributed by atoms with Crippen LogP contribution in [-0.4, -0.2) is 72.2 Å². The lowest BCUT2D eigenvalue weighted by Gasteiger charge is -2.39. The quantitative estimate of drug-likeness (QED) is 0.729. The summed E-state index contributed by atoms with van der Waals surface area (Å²) in [6.07, 6.45) is 2.33. The molecule has 7 heteroatoms. The molecule has 0 unspecified atom stereocenters. The van der Waals surface area contributed by atoms with E-state index >= 15 is 0 Å². The smallest absolute Gasteiger partial charge is 0.312 e. The summed E-state index contributed by atoms with van der Waals surface area (Å²) in [5.74, 6) is -0.445. The highest BCUT2D eigenvalue weighted by molar-refractivity contribution is 6.35. The summed E-state index contributed by atoms with van der Waals surface area (Å²) < 4.78 is 0. The van der Waals surface area contributed by atoms with Gasteiger partial charge in [-0.15, -0.1) is 0 Å². The van der Waals surface area contributed by atoms with E-state index in [4.69, 9.17) is 11.6 Å². The van der Waals surface area contributed by atoms with Crippen molar-refractivity contribution >= 4 is 29.3 Å². The second-order valence-corrected chi connectivity index (χ2v) is 7.55. The number of halogens is 1. The third-order valence-corrected chi connectivity index (χ3v) is 5.34. The van der Waals surface area contributed by atoms with Gasteiger partial charge < -0.3 is 14.7 Å². The number of carbonyl (C=O) groups excluding carboxylic acids is 3. The summed E-state index contributed by atoms with van der Waals surface area (Å²) in [5.41, 5.74) is 1.19. The zero-order chi connectivity index (χ0) is 18.7. The van der Waals surface area contributed by atoms with E-state index in [-0.39, 0.29) is 5.91 Å². The van der Waals surface area contributed by atoms with Gasteiger partial charge in [-0.2, -0.15) is 0 Å². The van der Waals surface area contributed by atoms with Crippen LogP contribution in [0, 0.1) is 5.92 Å². The molecule has 0 saturated carbocycles. The molecule has 6 nitrogen and oxygen atoms in total. The van der Waals surface area contributed by atoms with Gasteiger partial charge in [-0.05, 0) is 36.5 Å². The lowest BCUT2D eigenvalue weighted by molar-refractivity contribution is -0.155. The topological polar surface area (TPSA) is 60.9 Å². The van der Waals surface area contributed by atoms with E-state index in [1.54, 1.807) is 16.8 Å². The molecule has 0 bridgehead atoms. The van der Waals surface area contributed by atoms with E-state index in [0.717, 1.165) is 19.4 Å². The van der Waals surface area contributed by atoms with Crippen LogP contribution in [0.5, 0.6) is 0 Å². The number of likely N-dealkylation sites (N-methyl/N-ethyl adjacent to an activating group) is 1. The number of carbonyl (C=O) groups is 3. The Balaban J connectivity index is 1.41. The number of nitrogens with zero attached hydrogens (tertiary/aromatic N) is 3. The van der Waals surface area contributed by atoms with E-state index < -0.39 is 11.8 Å². The Hall–Kier alpha value is -2.08. The van der Waals surface area contributed by atoms with Gasteiger partial charge in [0.05, 0.1) is 0 Å². The second-order valence-electron chi connectivity index (χ2n) is 7.12. The molecule has 2 saturated heterocycles. The Kier molecular flexibility index (Phi) is 5.81. The molecule has 2 heterocycles. The first kappa shape index (κ1) is 18.7. The van der Waals surface area contributed by atoms with Crippen LogP contribution in [0.15, 0.2) is 24.3 Å². The Morgan fingerprint density at radius 3 is 2.54 bits per heavy atom. The van der Waals surface area contributed by atoms with Gasteiger partial charge in [-0.25, -0.2) is 0 Å². The molecule has 0 N–H and O–H groups in total. The van der Waals surface area contributed by atoms with E-state index in [1.165, 1.54) is 10.5 Å². The summed E-state index contributed by atoms with van der Waals surface area (Å²) in [5, 5.41) is 0.712. The standard InChI is InChI=1S/C19H24ClN3O3/c1-21(9-10-22-8-2-3-17(22)24)18(25)19(26)23-12-15(13-23)11-14-4-6-16(20)7-5-14/h4-7,15H,2-3,8-13H2,1H3. The Labute approximate surface area is 158 Å². The van der Waals surface area contributed by atoms with Gasteiger partial charge in [0.1, 0.15) is 0 Å². The maximum absolute atomic E-state index is 12.3. The molecular formula is C19H24ClN3O3. The molecule has 0 aliphatic carbocycles. The number of amides is 3. The third-order valence-electron chi connectivity index (χ3n) is 5.09. The number of rotatable bonds is 5.